The summed E-state index contributed by atoms with van der Waals surface area (Å²) < 4.78 is 5.34. The van der Waals surface area contributed by atoms with Gasteiger partial charge in [0.05, 0.1) is 13.2 Å². The Bertz CT molecular complexity index is 194. The predicted octanol–water partition coefficient (Wildman–Crippen LogP) is 2.32. The van der Waals surface area contributed by atoms with Gasteiger partial charge in [-0.05, 0) is 24.6 Å². The van der Waals surface area contributed by atoms with E-state index >= 15 is 0 Å². The van der Waals surface area contributed by atoms with E-state index in [1.807, 2.05) is 0 Å². The van der Waals surface area contributed by atoms with Gasteiger partial charge in [-0.2, -0.15) is 0 Å². The molecule has 0 radical (unpaired) electrons. The average Bonchev–Trinajstić information content (AvgIpc) is 2.14. The van der Waals surface area contributed by atoms with Gasteiger partial charge in [0.2, 0.25) is 0 Å². The SMILES string of the molecule is N=CCCOCC1=CCCC=C1. The summed E-state index contributed by atoms with van der Waals surface area (Å²) in [4.78, 5) is 0. The van der Waals surface area contributed by atoms with Crippen molar-refractivity contribution in [3.8, 4) is 0 Å². The quantitative estimate of drug-likeness (QED) is 0.492. The summed E-state index contributed by atoms with van der Waals surface area (Å²) >= 11 is 0. The third-order valence-corrected chi connectivity index (χ3v) is 1.75. The summed E-state index contributed by atoms with van der Waals surface area (Å²) in [6.07, 6.45) is 10.9. The van der Waals surface area contributed by atoms with E-state index in [-0.39, 0.29) is 0 Å². The highest BCUT2D eigenvalue weighted by Crippen LogP contribution is 2.09. The molecule has 66 valence electrons. The van der Waals surface area contributed by atoms with Crippen molar-refractivity contribution in [2.24, 2.45) is 0 Å². The molecule has 0 spiro atoms. The minimum absolute atomic E-state index is 0.661. The second kappa shape index (κ2) is 5.72. The van der Waals surface area contributed by atoms with Gasteiger partial charge in [-0.25, -0.2) is 0 Å². The first-order valence-electron chi connectivity index (χ1n) is 4.36. The molecule has 1 rings (SSSR count). The van der Waals surface area contributed by atoms with E-state index in [2.05, 4.69) is 18.2 Å². The van der Waals surface area contributed by atoms with Gasteiger partial charge in [-0.1, -0.05) is 18.2 Å². The van der Waals surface area contributed by atoms with Crippen molar-refractivity contribution in [1.82, 2.24) is 0 Å². The molecular formula is C10H15NO. The van der Waals surface area contributed by atoms with Crippen LogP contribution in [0.4, 0.5) is 0 Å². The number of hydrogen-bond donors (Lipinski definition) is 1. The van der Waals surface area contributed by atoms with Crippen LogP contribution in [0, 0.1) is 5.41 Å². The lowest BCUT2D eigenvalue weighted by molar-refractivity contribution is 0.166. The molecule has 0 aliphatic heterocycles. The Balaban J connectivity index is 2.10. The van der Waals surface area contributed by atoms with Crippen LogP contribution in [-0.4, -0.2) is 19.4 Å². The Morgan fingerprint density at radius 1 is 1.50 bits per heavy atom. The van der Waals surface area contributed by atoms with E-state index in [9.17, 15) is 0 Å². The van der Waals surface area contributed by atoms with E-state index in [1.165, 1.54) is 11.8 Å². The molecule has 0 amide bonds. The van der Waals surface area contributed by atoms with Crippen LogP contribution >= 0.6 is 0 Å². The van der Waals surface area contributed by atoms with Gasteiger partial charge in [0.1, 0.15) is 0 Å². The molecule has 2 nitrogen and oxygen atoms in total. The molecule has 12 heavy (non-hydrogen) atoms. The minimum Gasteiger partial charge on any atom is -0.376 e. The normalized spacial score (nSPS) is 15.8. The average molecular weight is 165 g/mol. The fourth-order valence-electron chi connectivity index (χ4n) is 1.11. The molecule has 1 aliphatic carbocycles. The molecule has 0 saturated heterocycles. The van der Waals surface area contributed by atoms with Gasteiger partial charge in [0, 0.05) is 6.42 Å². The molecule has 0 unspecified atom stereocenters. The number of nitrogens with one attached hydrogen (secondary N) is 1. The zero-order valence-corrected chi connectivity index (χ0v) is 7.25. The summed E-state index contributed by atoms with van der Waals surface area (Å²) in [5, 5.41) is 6.79. The maximum Gasteiger partial charge on any atom is 0.0713 e. The molecule has 0 fully saturated rings. The van der Waals surface area contributed by atoms with Crippen LogP contribution < -0.4 is 0 Å². The van der Waals surface area contributed by atoms with Crippen LogP contribution in [-0.2, 0) is 4.74 Å². The largest absolute Gasteiger partial charge is 0.376 e. The second-order valence-electron chi connectivity index (χ2n) is 2.80. The van der Waals surface area contributed by atoms with E-state index in [1.54, 1.807) is 0 Å². The zero-order chi connectivity index (χ0) is 8.65. The van der Waals surface area contributed by atoms with E-state index in [4.69, 9.17) is 10.1 Å². The molecular weight excluding hydrogens is 150 g/mol. The topological polar surface area (TPSA) is 33.1 Å². The van der Waals surface area contributed by atoms with E-state index < -0.39 is 0 Å². The zero-order valence-electron chi connectivity index (χ0n) is 7.25. The van der Waals surface area contributed by atoms with Crippen molar-refractivity contribution in [3.05, 3.63) is 23.8 Å². The lowest BCUT2D eigenvalue weighted by atomic mass is 10.1. The van der Waals surface area contributed by atoms with Gasteiger partial charge < -0.3 is 10.1 Å². The Labute approximate surface area is 73.4 Å². The third-order valence-electron chi connectivity index (χ3n) is 1.75. The maximum atomic E-state index is 6.79. The smallest absolute Gasteiger partial charge is 0.0713 e. The molecule has 2 heteroatoms. The Kier molecular flexibility index (Phi) is 4.39. The fraction of sp³-hybridized carbons (Fsp3) is 0.500. The fourth-order valence-corrected chi connectivity index (χ4v) is 1.11. The summed E-state index contributed by atoms with van der Waals surface area (Å²) in [5.41, 5.74) is 1.27. The summed E-state index contributed by atoms with van der Waals surface area (Å²) in [6.45, 7) is 1.36. The number of ether oxygens (including phenoxy) is 1. The van der Waals surface area contributed by atoms with Gasteiger partial charge in [-0.3, -0.25) is 0 Å². The molecule has 0 aromatic heterocycles. The minimum atomic E-state index is 0.661. The van der Waals surface area contributed by atoms with Gasteiger partial charge in [-0.15, -0.1) is 0 Å². The first kappa shape index (κ1) is 9.20. The Morgan fingerprint density at radius 3 is 3.08 bits per heavy atom. The Morgan fingerprint density at radius 2 is 2.42 bits per heavy atom. The molecule has 1 N–H and O–H groups in total. The number of rotatable bonds is 5. The first-order valence-corrected chi connectivity index (χ1v) is 4.36. The highest BCUT2D eigenvalue weighted by molar-refractivity contribution is 5.52. The van der Waals surface area contributed by atoms with Crippen LogP contribution in [0.25, 0.3) is 0 Å². The first-order chi connectivity index (χ1) is 5.93. The van der Waals surface area contributed by atoms with Crippen LogP contribution in [0.5, 0.6) is 0 Å². The molecule has 0 heterocycles. The van der Waals surface area contributed by atoms with Crippen LogP contribution in [0.15, 0.2) is 23.8 Å². The van der Waals surface area contributed by atoms with E-state index in [0.29, 0.717) is 13.2 Å². The number of hydrogen-bond acceptors (Lipinski definition) is 2. The lowest BCUT2D eigenvalue weighted by Crippen LogP contribution is -2.00. The van der Waals surface area contributed by atoms with Crippen molar-refractivity contribution in [2.45, 2.75) is 19.3 Å². The standard InChI is InChI=1S/C10H15NO/c11-7-4-8-12-9-10-5-2-1-3-6-10/h2,5-7,11H,1,3-4,8-9H2. The van der Waals surface area contributed by atoms with Crippen molar-refractivity contribution in [2.75, 3.05) is 13.2 Å². The highest BCUT2D eigenvalue weighted by Gasteiger charge is 1.96. The van der Waals surface area contributed by atoms with Crippen LogP contribution in [0.3, 0.4) is 0 Å². The molecule has 0 aromatic carbocycles. The third kappa shape index (κ3) is 3.49. The predicted molar refractivity (Wildman–Crippen MR) is 50.7 cm³/mol. The molecule has 0 atom stereocenters. The molecule has 0 saturated carbocycles. The number of allylic oxidation sites excluding steroid dienone is 2. The summed E-state index contributed by atoms with van der Waals surface area (Å²) in [5.74, 6) is 0. The second-order valence-corrected chi connectivity index (χ2v) is 2.80. The van der Waals surface area contributed by atoms with Gasteiger partial charge >= 0.3 is 0 Å². The van der Waals surface area contributed by atoms with Crippen molar-refractivity contribution in [1.29, 1.82) is 5.41 Å². The van der Waals surface area contributed by atoms with Gasteiger partial charge in [0.25, 0.3) is 0 Å². The van der Waals surface area contributed by atoms with Crippen LogP contribution in [0.1, 0.15) is 19.3 Å². The molecule has 0 aromatic rings. The van der Waals surface area contributed by atoms with Gasteiger partial charge in [0.15, 0.2) is 0 Å². The molecule has 1 aliphatic rings. The summed E-state index contributed by atoms with van der Waals surface area (Å²) in [6, 6.07) is 0. The highest BCUT2D eigenvalue weighted by atomic mass is 16.5. The van der Waals surface area contributed by atoms with E-state index in [0.717, 1.165) is 19.3 Å². The van der Waals surface area contributed by atoms with Crippen molar-refractivity contribution < 1.29 is 4.74 Å². The monoisotopic (exact) mass is 165 g/mol. The lowest BCUT2D eigenvalue weighted by Gasteiger charge is -2.06. The summed E-state index contributed by atoms with van der Waals surface area (Å²) in [7, 11) is 0. The Hall–Kier alpha value is -0.890. The molecule has 0 bridgehead atoms. The van der Waals surface area contributed by atoms with Crippen LogP contribution in [0.2, 0.25) is 0 Å². The van der Waals surface area contributed by atoms with Crippen molar-refractivity contribution in [3.63, 3.8) is 0 Å². The maximum absolute atomic E-state index is 6.79. The van der Waals surface area contributed by atoms with Crippen molar-refractivity contribution >= 4 is 6.21 Å².